The lowest BCUT2D eigenvalue weighted by molar-refractivity contribution is 0.102. The zero-order valence-electron chi connectivity index (χ0n) is 13.2. The van der Waals surface area contributed by atoms with Crippen LogP contribution in [0.15, 0.2) is 42.6 Å². The maximum Gasteiger partial charge on any atom is 0.256 e. The third-order valence-electron chi connectivity index (χ3n) is 4.12. The number of hydrogen-bond donors (Lipinski definition) is 2. The van der Waals surface area contributed by atoms with Gasteiger partial charge < -0.3 is 15.3 Å². The number of aliphatic hydroxyl groups is 1. The Morgan fingerprint density at radius 3 is 2.57 bits per heavy atom. The van der Waals surface area contributed by atoms with Crippen LogP contribution in [0.4, 0.5) is 11.5 Å². The Kier molecular flexibility index (Phi) is 4.57. The lowest BCUT2D eigenvalue weighted by Crippen LogP contribution is -2.35. The molecule has 0 saturated carbocycles. The van der Waals surface area contributed by atoms with Crippen LogP contribution in [-0.2, 0) is 0 Å². The predicted octanol–water partition coefficient (Wildman–Crippen LogP) is 2.60. The van der Waals surface area contributed by atoms with Crippen molar-refractivity contribution < 1.29 is 9.90 Å². The lowest BCUT2D eigenvalue weighted by atomic mass is 10.1. The molecule has 0 aliphatic carbocycles. The minimum Gasteiger partial charge on any atom is -0.393 e. The highest BCUT2D eigenvalue weighted by molar-refractivity contribution is 6.03. The van der Waals surface area contributed by atoms with Gasteiger partial charge in [-0.1, -0.05) is 0 Å². The number of piperidine rings is 1. The van der Waals surface area contributed by atoms with Crippen molar-refractivity contribution in [2.24, 2.45) is 0 Å². The first-order valence-electron chi connectivity index (χ1n) is 7.89. The zero-order valence-corrected chi connectivity index (χ0v) is 13.2. The number of carbonyl (C=O) groups is 1. The third-order valence-corrected chi connectivity index (χ3v) is 4.12. The standard InChI is InChI=1S/C18H21N3O2/c1-13-6-9-19-17(12-13)20-18(23)14-2-4-15(5-3-14)21-10-7-16(22)8-11-21/h2-6,9,12,16,22H,7-8,10-11H2,1H3,(H,19,20,23). The average Bonchev–Trinajstić information content (AvgIpc) is 2.56. The Morgan fingerprint density at radius 1 is 1.22 bits per heavy atom. The number of aromatic nitrogens is 1. The molecule has 1 aromatic carbocycles. The van der Waals surface area contributed by atoms with Gasteiger partial charge >= 0.3 is 0 Å². The summed E-state index contributed by atoms with van der Waals surface area (Å²) in [4.78, 5) is 18.6. The molecule has 0 bridgehead atoms. The van der Waals surface area contributed by atoms with Crippen LogP contribution in [0.1, 0.15) is 28.8 Å². The van der Waals surface area contributed by atoms with Gasteiger partial charge in [0.1, 0.15) is 5.82 Å². The van der Waals surface area contributed by atoms with E-state index in [1.807, 2.05) is 43.3 Å². The fourth-order valence-corrected chi connectivity index (χ4v) is 2.74. The first-order valence-corrected chi connectivity index (χ1v) is 7.89. The van der Waals surface area contributed by atoms with Gasteiger partial charge in [-0.05, 0) is 61.7 Å². The van der Waals surface area contributed by atoms with Gasteiger partial charge in [-0.3, -0.25) is 4.79 Å². The summed E-state index contributed by atoms with van der Waals surface area (Å²) in [6, 6.07) is 11.3. The van der Waals surface area contributed by atoms with E-state index < -0.39 is 0 Å². The summed E-state index contributed by atoms with van der Waals surface area (Å²) in [7, 11) is 0. The zero-order chi connectivity index (χ0) is 16.2. The van der Waals surface area contributed by atoms with E-state index in [0.29, 0.717) is 11.4 Å². The van der Waals surface area contributed by atoms with Crippen LogP contribution in [0.3, 0.4) is 0 Å². The molecule has 5 nitrogen and oxygen atoms in total. The van der Waals surface area contributed by atoms with Crippen molar-refractivity contribution >= 4 is 17.4 Å². The van der Waals surface area contributed by atoms with Crippen LogP contribution >= 0.6 is 0 Å². The molecule has 1 amide bonds. The Hall–Kier alpha value is -2.40. The summed E-state index contributed by atoms with van der Waals surface area (Å²) in [6.07, 6.45) is 3.08. The van der Waals surface area contributed by atoms with Crippen molar-refractivity contribution in [2.45, 2.75) is 25.9 Å². The molecule has 2 N–H and O–H groups in total. The van der Waals surface area contributed by atoms with E-state index >= 15 is 0 Å². The van der Waals surface area contributed by atoms with Gasteiger partial charge in [0.15, 0.2) is 0 Å². The van der Waals surface area contributed by atoms with Crippen LogP contribution in [0, 0.1) is 6.92 Å². The van der Waals surface area contributed by atoms with Gasteiger partial charge in [-0.15, -0.1) is 0 Å². The largest absolute Gasteiger partial charge is 0.393 e. The van der Waals surface area contributed by atoms with Crippen molar-refractivity contribution in [3.05, 3.63) is 53.7 Å². The summed E-state index contributed by atoms with van der Waals surface area (Å²) in [5.41, 5.74) is 2.74. The normalized spacial score (nSPS) is 15.5. The van der Waals surface area contributed by atoms with Crippen molar-refractivity contribution in [2.75, 3.05) is 23.3 Å². The minimum atomic E-state index is -0.182. The summed E-state index contributed by atoms with van der Waals surface area (Å²) in [6.45, 7) is 3.65. The number of hydrogen-bond acceptors (Lipinski definition) is 4. The van der Waals surface area contributed by atoms with Crippen molar-refractivity contribution in [1.29, 1.82) is 0 Å². The Morgan fingerprint density at radius 2 is 1.91 bits per heavy atom. The Labute approximate surface area is 136 Å². The number of benzene rings is 1. The summed E-state index contributed by atoms with van der Waals surface area (Å²) < 4.78 is 0. The van der Waals surface area contributed by atoms with E-state index in [4.69, 9.17) is 0 Å². The molecule has 23 heavy (non-hydrogen) atoms. The van der Waals surface area contributed by atoms with E-state index in [0.717, 1.165) is 37.2 Å². The SMILES string of the molecule is Cc1ccnc(NC(=O)c2ccc(N3CCC(O)CC3)cc2)c1. The number of nitrogens with one attached hydrogen (secondary N) is 1. The molecule has 0 atom stereocenters. The van der Waals surface area contributed by atoms with E-state index in [-0.39, 0.29) is 12.0 Å². The second-order valence-corrected chi connectivity index (χ2v) is 5.94. The number of rotatable bonds is 3. The number of aliphatic hydroxyl groups excluding tert-OH is 1. The molecule has 2 aromatic rings. The first-order chi connectivity index (χ1) is 11.1. The second-order valence-electron chi connectivity index (χ2n) is 5.94. The molecule has 0 unspecified atom stereocenters. The molecule has 0 radical (unpaired) electrons. The highest BCUT2D eigenvalue weighted by Gasteiger charge is 2.17. The van der Waals surface area contributed by atoms with Gasteiger partial charge in [0.25, 0.3) is 5.91 Å². The fraction of sp³-hybridized carbons (Fsp3) is 0.333. The van der Waals surface area contributed by atoms with Crippen LogP contribution < -0.4 is 10.2 Å². The van der Waals surface area contributed by atoms with Gasteiger partial charge in [0.2, 0.25) is 0 Å². The monoisotopic (exact) mass is 311 g/mol. The van der Waals surface area contributed by atoms with E-state index in [2.05, 4.69) is 15.2 Å². The minimum absolute atomic E-state index is 0.163. The number of amides is 1. The molecule has 1 fully saturated rings. The molecular formula is C18H21N3O2. The molecular weight excluding hydrogens is 290 g/mol. The van der Waals surface area contributed by atoms with E-state index in [9.17, 15) is 9.90 Å². The third kappa shape index (κ3) is 3.87. The van der Waals surface area contributed by atoms with Crippen LogP contribution in [0.2, 0.25) is 0 Å². The Bertz CT molecular complexity index is 677. The first kappa shape index (κ1) is 15.5. The van der Waals surface area contributed by atoms with Gasteiger partial charge in [0.05, 0.1) is 6.10 Å². The summed E-state index contributed by atoms with van der Waals surface area (Å²) in [5, 5.41) is 12.4. The number of pyridine rings is 1. The summed E-state index contributed by atoms with van der Waals surface area (Å²) in [5.74, 6) is 0.396. The molecule has 0 spiro atoms. The van der Waals surface area contributed by atoms with E-state index in [1.54, 1.807) is 6.20 Å². The molecule has 1 aliphatic heterocycles. The molecule has 1 aromatic heterocycles. The van der Waals surface area contributed by atoms with Crippen LogP contribution in [0.25, 0.3) is 0 Å². The maximum absolute atomic E-state index is 12.3. The molecule has 120 valence electrons. The topological polar surface area (TPSA) is 65.5 Å². The maximum atomic E-state index is 12.3. The number of aryl methyl sites for hydroxylation is 1. The second kappa shape index (κ2) is 6.79. The van der Waals surface area contributed by atoms with Gasteiger partial charge in [-0.2, -0.15) is 0 Å². The highest BCUT2D eigenvalue weighted by atomic mass is 16.3. The Balaban J connectivity index is 1.65. The molecule has 5 heteroatoms. The van der Waals surface area contributed by atoms with Crippen molar-refractivity contribution in [3.8, 4) is 0 Å². The van der Waals surface area contributed by atoms with Crippen LogP contribution in [-0.4, -0.2) is 35.2 Å². The lowest BCUT2D eigenvalue weighted by Gasteiger charge is -2.31. The fourth-order valence-electron chi connectivity index (χ4n) is 2.74. The molecule has 3 rings (SSSR count). The number of carbonyl (C=O) groups excluding carboxylic acids is 1. The summed E-state index contributed by atoms with van der Waals surface area (Å²) >= 11 is 0. The van der Waals surface area contributed by atoms with Gasteiger partial charge in [0, 0.05) is 30.5 Å². The smallest absolute Gasteiger partial charge is 0.256 e. The molecule has 2 heterocycles. The quantitative estimate of drug-likeness (QED) is 0.914. The van der Waals surface area contributed by atoms with Crippen molar-refractivity contribution in [1.82, 2.24) is 4.98 Å². The van der Waals surface area contributed by atoms with Gasteiger partial charge in [-0.25, -0.2) is 4.98 Å². The van der Waals surface area contributed by atoms with Crippen LogP contribution in [0.5, 0.6) is 0 Å². The number of anilines is 2. The highest BCUT2D eigenvalue weighted by Crippen LogP contribution is 2.21. The van der Waals surface area contributed by atoms with E-state index in [1.165, 1.54) is 0 Å². The molecule has 1 aliphatic rings. The number of nitrogens with zero attached hydrogens (tertiary/aromatic N) is 2. The van der Waals surface area contributed by atoms with Crippen molar-refractivity contribution in [3.63, 3.8) is 0 Å². The predicted molar refractivity (Wildman–Crippen MR) is 90.8 cm³/mol. The molecule has 1 saturated heterocycles. The average molecular weight is 311 g/mol.